The molecular formula is C19H17NO3S. The molecule has 4 nitrogen and oxygen atoms in total. The van der Waals surface area contributed by atoms with Crippen LogP contribution in [-0.2, 0) is 0 Å². The maximum Gasteiger partial charge on any atom is 0.337 e. The van der Waals surface area contributed by atoms with E-state index in [-0.39, 0.29) is 16.3 Å². The molecule has 0 atom stereocenters. The van der Waals surface area contributed by atoms with Crippen LogP contribution in [0.1, 0.15) is 36.0 Å². The lowest BCUT2D eigenvalue weighted by molar-refractivity contribution is 0.0692. The van der Waals surface area contributed by atoms with Crippen LogP contribution in [0.5, 0.6) is 0 Å². The SMILES string of the molecule is Cc1sc(C(=O)Nc2ccc(C)c3ccccc23)c(C(=O)O)c1C. The summed E-state index contributed by atoms with van der Waals surface area (Å²) in [5, 5.41) is 14.3. The normalized spacial score (nSPS) is 10.8. The predicted molar refractivity (Wildman–Crippen MR) is 97.4 cm³/mol. The van der Waals surface area contributed by atoms with Crippen LogP contribution in [-0.4, -0.2) is 17.0 Å². The highest BCUT2D eigenvalue weighted by atomic mass is 32.1. The molecule has 0 saturated heterocycles. The Bertz CT molecular complexity index is 972. The summed E-state index contributed by atoms with van der Waals surface area (Å²) < 4.78 is 0. The van der Waals surface area contributed by atoms with Gasteiger partial charge in [0.25, 0.3) is 5.91 Å². The van der Waals surface area contributed by atoms with Gasteiger partial charge in [-0.1, -0.05) is 30.3 Å². The maximum atomic E-state index is 12.7. The Hall–Kier alpha value is -2.66. The van der Waals surface area contributed by atoms with Gasteiger partial charge in [-0.05, 0) is 43.4 Å². The first-order valence-electron chi connectivity index (χ1n) is 7.53. The zero-order valence-corrected chi connectivity index (χ0v) is 14.5. The second-order valence-corrected chi connectivity index (χ2v) is 6.95. The number of nitrogens with one attached hydrogen (secondary N) is 1. The van der Waals surface area contributed by atoms with Crippen molar-refractivity contribution in [1.82, 2.24) is 0 Å². The molecule has 1 amide bonds. The maximum absolute atomic E-state index is 12.7. The minimum Gasteiger partial charge on any atom is -0.478 e. The van der Waals surface area contributed by atoms with Gasteiger partial charge in [-0.2, -0.15) is 0 Å². The molecule has 2 N–H and O–H groups in total. The van der Waals surface area contributed by atoms with E-state index in [1.807, 2.05) is 50.2 Å². The summed E-state index contributed by atoms with van der Waals surface area (Å²) in [6.07, 6.45) is 0. The van der Waals surface area contributed by atoms with Crippen LogP contribution >= 0.6 is 11.3 Å². The molecule has 3 aromatic rings. The number of benzene rings is 2. The van der Waals surface area contributed by atoms with Crippen LogP contribution in [0.4, 0.5) is 5.69 Å². The number of hydrogen-bond acceptors (Lipinski definition) is 3. The molecule has 0 aliphatic carbocycles. The molecule has 0 spiro atoms. The molecule has 0 fully saturated rings. The van der Waals surface area contributed by atoms with Gasteiger partial charge in [0.05, 0.1) is 5.56 Å². The fourth-order valence-electron chi connectivity index (χ4n) is 2.78. The van der Waals surface area contributed by atoms with Gasteiger partial charge >= 0.3 is 5.97 Å². The smallest absolute Gasteiger partial charge is 0.337 e. The van der Waals surface area contributed by atoms with E-state index in [0.717, 1.165) is 21.2 Å². The third-order valence-corrected chi connectivity index (χ3v) is 5.40. The van der Waals surface area contributed by atoms with E-state index < -0.39 is 5.97 Å². The molecular weight excluding hydrogens is 322 g/mol. The second kappa shape index (κ2) is 6.09. The highest BCUT2D eigenvalue weighted by Gasteiger charge is 2.24. The van der Waals surface area contributed by atoms with Gasteiger partial charge in [0, 0.05) is 16.0 Å². The second-order valence-electron chi connectivity index (χ2n) is 5.72. The van der Waals surface area contributed by atoms with E-state index >= 15 is 0 Å². The summed E-state index contributed by atoms with van der Waals surface area (Å²) in [5.74, 6) is -1.46. The lowest BCUT2D eigenvalue weighted by Gasteiger charge is -2.10. The van der Waals surface area contributed by atoms with Crippen molar-refractivity contribution in [2.45, 2.75) is 20.8 Å². The van der Waals surface area contributed by atoms with Crippen molar-refractivity contribution in [1.29, 1.82) is 0 Å². The third kappa shape index (κ3) is 2.67. The van der Waals surface area contributed by atoms with E-state index in [4.69, 9.17) is 0 Å². The van der Waals surface area contributed by atoms with Crippen LogP contribution in [0, 0.1) is 20.8 Å². The Kier molecular flexibility index (Phi) is 4.11. The van der Waals surface area contributed by atoms with Crippen LogP contribution in [0.2, 0.25) is 0 Å². The monoisotopic (exact) mass is 339 g/mol. The molecule has 0 bridgehead atoms. The number of carbonyl (C=O) groups is 2. The number of amides is 1. The summed E-state index contributed by atoms with van der Waals surface area (Å²) in [7, 11) is 0. The average Bonchev–Trinajstić information content (AvgIpc) is 2.86. The lowest BCUT2D eigenvalue weighted by Crippen LogP contribution is -2.14. The number of aryl methyl sites for hydroxylation is 2. The first-order chi connectivity index (χ1) is 11.4. The van der Waals surface area contributed by atoms with Gasteiger partial charge in [-0.25, -0.2) is 4.79 Å². The van der Waals surface area contributed by atoms with Gasteiger partial charge in [0.15, 0.2) is 0 Å². The summed E-state index contributed by atoms with van der Waals surface area (Å²) >= 11 is 1.21. The summed E-state index contributed by atoms with van der Waals surface area (Å²) in [5.41, 5.74) is 2.54. The Labute approximate surface area is 143 Å². The molecule has 1 heterocycles. The molecule has 0 radical (unpaired) electrons. The van der Waals surface area contributed by atoms with E-state index in [2.05, 4.69) is 5.32 Å². The number of hydrogen-bond donors (Lipinski definition) is 2. The quantitative estimate of drug-likeness (QED) is 0.722. The van der Waals surface area contributed by atoms with Crippen molar-refractivity contribution >= 4 is 39.7 Å². The Balaban J connectivity index is 2.05. The molecule has 122 valence electrons. The molecule has 5 heteroatoms. The Morgan fingerprint density at radius 1 is 1.00 bits per heavy atom. The molecule has 0 saturated carbocycles. The third-order valence-electron chi connectivity index (χ3n) is 4.20. The topological polar surface area (TPSA) is 66.4 Å². The largest absolute Gasteiger partial charge is 0.478 e. The van der Waals surface area contributed by atoms with Crippen molar-refractivity contribution in [3.63, 3.8) is 0 Å². The minimum absolute atomic E-state index is 0.0893. The van der Waals surface area contributed by atoms with E-state index in [1.165, 1.54) is 11.3 Å². The summed E-state index contributed by atoms with van der Waals surface area (Å²) in [6, 6.07) is 11.6. The number of aromatic carboxylic acids is 1. The summed E-state index contributed by atoms with van der Waals surface area (Å²) in [4.78, 5) is 25.2. The van der Waals surface area contributed by atoms with Gasteiger partial charge < -0.3 is 10.4 Å². The van der Waals surface area contributed by atoms with Gasteiger partial charge in [0.2, 0.25) is 0 Å². The van der Waals surface area contributed by atoms with Crippen molar-refractivity contribution in [3.05, 3.63) is 62.8 Å². The highest BCUT2D eigenvalue weighted by Crippen LogP contribution is 2.30. The number of carbonyl (C=O) groups excluding carboxylic acids is 1. The standard InChI is InChI=1S/C19H17NO3S/c1-10-8-9-15(14-7-5-4-6-13(10)14)20-18(21)17-16(19(22)23)11(2)12(3)24-17/h4-9H,1-3H3,(H,20,21)(H,22,23). The van der Waals surface area contributed by atoms with E-state index in [1.54, 1.807) is 6.92 Å². The Morgan fingerprint density at radius 3 is 2.33 bits per heavy atom. The van der Waals surface area contributed by atoms with Crippen molar-refractivity contribution in [2.24, 2.45) is 0 Å². The number of thiophene rings is 1. The highest BCUT2D eigenvalue weighted by molar-refractivity contribution is 7.14. The number of anilines is 1. The molecule has 3 rings (SSSR count). The Morgan fingerprint density at radius 2 is 1.67 bits per heavy atom. The summed E-state index contributed by atoms with van der Waals surface area (Å²) in [6.45, 7) is 5.57. The van der Waals surface area contributed by atoms with Crippen molar-refractivity contribution in [2.75, 3.05) is 5.32 Å². The predicted octanol–water partition coefficient (Wildman–Crippen LogP) is 4.78. The van der Waals surface area contributed by atoms with Gasteiger partial charge in [-0.3, -0.25) is 4.79 Å². The first-order valence-corrected chi connectivity index (χ1v) is 8.34. The zero-order chi connectivity index (χ0) is 17.4. The fourth-order valence-corrected chi connectivity index (χ4v) is 3.83. The van der Waals surface area contributed by atoms with Gasteiger partial charge in [0.1, 0.15) is 4.88 Å². The number of rotatable bonds is 3. The number of carboxylic acids is 1. The fraction of sp³-hybridized carbons (Fsp3) is 0.158. The van der Waals surface area contributed by atoms with E-state index in [9.17, 15) is 14.7 Å². The zero-order valence-electron chi connectivity index (χ0n) is 13.6. The first kappa shape index (κ1) is 16.2. The average molecular weight is 339 g/mol. The van der Waals surface area contributed by atoms with Gasteiger partial charge in [-0.15, -0.1) is 11.3 Å². The molecule has 24 heavy (non-hydrogen) atoms. The molecule has 1 aromatic heterocycles. The van der Waals surface area contributed by atoms with Crippen LogP contribution in [0.25, 0.3) is 10.8 Å². The number of fused-ring (bicyclic) bond motifs is 1. The van der Waals surface area contributed by atoms with Crippen LogP contribution in [0.15, 0.2) is 36.4 Å². The lowest BCUT2D eigenvalue weighted by atomic mass is 10.0. The number of carboxylic acid groups (broad SMARTS) is 1. The molecule has 0 unspecified atom stereocenters. The van der Waals surface area contributed by atoms with Crippen molar-refractivity contribution < 1.29 is 14.7 Å². The van der Waals surface area contributed by atoms with Crippen LogP contribution in [0.3, 0.4) is 0 Å². The van der Waals surface area contributed by atoms with Crippen LogP contribution < -0.4 is 5.32 Å². The molecule has 0 aliphatic rings. The minimum atomic E-state index is -1.07. The molecule has 0 aliphatic heterocycles. The molecule has 2 aromatic carbocycles. The van der Waals surface area contributed by atoms with E-state index in [0.29, 0.717) is 11.3 Å². The van der Waals surface area contributed by atoms with Crippen molar-refractivity contribution in [3.8, 4) is 0 Å².